The number of amides is 2. The molecule has 2 N–H and O–H groups in total. The van der Waals surface area contributed by atoms with Gasteiger partial charge in [0.15, 0.2) is 0 Å². The number of nitrogens with one attached hydrogen (secondary N) is 1. The minimum absolute atomic E-state index is 0.139. The van der Waals surface area contributed by atoms with Gasteiger partial charge in [-0.1, -0.05) is 46.9 Å². The zero-order chi connectivity index (χ0) is 24.1. The molecule has 0 bridgehead atoms. The van der Waals surface area contributed by atoms with Crippen molar-refractivity contribution in [1.29, 1.82) is 10.5 Å². The predicted molar refractivity (Wildman–Crippen MR) is 122 cm³/mol. The largest absolute Gasteiger partial charge is 0.465 e. The van der Waals surface area contributed by atoms with E-state index >= 15 is 0 Å². The molecule has 8 nitrogen and oxygen atoms in total. The lowest BCUT2D eigenvalue weighted by atomic mass is 9.77. The van der Waals surface area contributed by atoms with Crippen molar-refractivity contribution in [2.45, 2.75) is 19.3 Å². The lowest BCUT2D eigenvalue weighted by Crippen LogP contribution is -2.40. The lowest BCUT2D eigenvalue weighted by molar-refractivity contribution is -0.121. The number of hydrazone groups is 1. The first-order valence-corrected chi connectivity index (χ1v) is 10.2. The molecule has 0 fully saturated rings. The van der Waals surface area contributed by atoms with E-state index in [0.29, 0.717) is 21.0 Å². The van der Waals surface area contributed by atoms with Crippen LogP contribution in [0.4, 0.5) is 10.5 Å². The fraction of sp³-hybridized carbons (Fsp3) is 0.190. The number of carbonyl (C=O) groups is 2. The number of hydrogen-bond acceptors (Lipinski definition) is 6. The van der Waals surface area contributed by atoms with Gasteiger partial charge in [0.2, 0.25) is 5.71 Å². The van der Waals surface area contributed by atoms with Gasteiger partial charge in [-0.2, -0.15) is 15.6 Å². The molecule has 0 heterocycles. The monoisotopic (exact) mass is 491 g/mol. The molecule has 1 atom stereocenters. The first-order valence-electron chi connectivity index (χ1n) is 9.04. The number of hydrogen-bond donors (Lipinski definition) is 2. The minimum atomic E-state index is -1.51. The van der Waals surface area contributed by atoms with Crippen LogP contribution in [0, 0.1) is 22.7 Å². The summed E-state index contributed by atoms with van der Waals surface area (Å²) < 4.78 is 0. The van der Waals surface area contributed by atoms with Crippen LogP contribution in [0.5, 0.6) is 0 Å². The Morgan fingerprint density at radius 2 is 1.72 bits per heavy atom. The molecule has 0 aliphatic carbocycles. The molecule has 2 rings (SSSR count). The molecule has 0 aliphatic heterocycles. The van der Waals surface area contributed by atoms with Gasteiger partial charge in [-0.15, -0.1) is 0 Å². The number of halogens is 3. The number of nitriles is 2. The van der Waals surface area contributed by atoms with E-state index in [1.165, 1.54) is 19.1 Å². The third-order valence-electron chi connectivity index (χ3n) is 4.58. The summed E-state index contributed by atoms with van der Waals surface area (Å²) in [7, 11) is 0. The molecule has 0 spiro atoms. The van der Waals surface area contributed by atoms with Crippen molar-refractivity contribution in [2.75, 3.05) is 12.0 Å². The molecule has 164 valence electrons. The van der Waals surface area contributed by atoms with Gasteiger partial charge < -0.3 is 5.11 Å². The van der Waals surface area contributed by atoms with E-state index in [1.54, 1.807) is 37.3 Å². The maximum Gasteiger partial charge on any atom is 0.414 e. The van der Waals surface area contributed by atoms with Gasteiger partial charge in [-0.3, -0.25) is 10.2 Å². The number of carbonyl (C=O) groups excluding carboxylic acids is 1. The first-order chi connectivity index (χ1) is 15.1. The van der Waals surface area contributed by atoms with Crippen LogP contribution in [0.15, 0.2) is 41.5 Å². The topological polar surface area (TPSA) is 130 Å². The smallest absolute Gasteiger partial charge is 0.414 e. The van der Waals surface area contributed by atoms with Crippen LogP contribution in [0.3, 0.4) is 0 Å². The van der Waals surface area contributed by atoms with Gasteiger partial charge in [-0.25, -0.2) is 9.69 Å². The normalized spacial score (nSPS) is 12.8. The van der Waals surface area contributed by atoms with Crippen LogP contribution >= 0.6 is 34.8 Å². The SMILES string of the molecule is CCN(C(=O)O)C(=O)C(C#N)=NNc1cc(Cl)c(C(C)(C#N)c2ccc(Cl)cc2)c(Cl)c1. The molecule has 32 heavy (non-hydrogen) atoms. The van der Waals surface area contributed by atoms with E-state index < -0.39 is 23.1 Å². The Balaban J connectivity index is 2.43. The van der Waals surface area contributed by atoms with Crippen LogP contribution in [0.2, 0.25) is 15.1 Å². The van der Waals surface area contributed by atoms with Gasteiger partial charge in [-0.05, 0) is 43.7 Å². The molecular formula is C21H16Cl3N5O3. The highest BCUT2D eigenvalue weighted by molar-refractivity contribution is 6.46. The van der Waals surface area contributed by atoms with E-state index in [0.717, 1.165) is 0 Å². The quantitative estimate of drug-likeness (QED) is 0.416. The lowest BCUT2D eigenvalue weighted by Gasteiger charge is -2.25. The van der Waals surface area contributed by atoms with Crippen LogP contribution in [0.25, 0.3) is 0 Å². The minimum Gasteiger partial charge on any atom is -0.465 e. The van der Waals surface area contributed by atoms with Gasteiger partial charge in [0.25, 0.3) is 5.91 Å². The van der Waals surface area contributed by atoms with E-state index in [1.807, 2.05) is 0 Å². The average Bonchev–Trinajstić information content (AvgIpc) is 2.74. The fourth-order valence-electron chi connectivity index (χ4n) is 2.90. The molecule has 11 heteroatoms. The molecule has 0 saturated carbocycles. The maximum absolute atomic E-state index is 12.2. The third-order valence-corrected chi connectivity index (χ3v) is 5.43. The highest BCUT2D eigenvalue weighted by Gasteiger charge is 2.34. The predicted octanol–water partition coefficient (Wildman–Crippen LogP) is 5.29. The number of anilines is 1. The average molecular weight is 493 g/mol. The second kappa shape index (κ2) is 10.3. The van der Waals surface area contributed by atoms with Crippen molar-refractivity contribution in [2.24, 2.45) is 5.10 Å². The summed E-state index contributed by atoms with van der Waals surface area (Å²) in [4.78, 5) is 23.7. The van der Waals surface area contributed by atoms with Crippen molar-refractivity contribution in [1.82, 2.24) is 4.90 Å². The van der Waals surface area contributed by atoms with Gasteiger partial charge in [0.05, 0.1) is 11.8 Å². The van der Waals surface area contributed by atoms with Crippen LogP contribution in [0.1, 0.15) is 25.0 Å². The molecule has 1 unspecified atom stereocenters. The van der Waals surface area contributed by atoms with Crippen molar-refractivity contribution in [3.8, 4) is 12.1 Å². The summed E-state index contributed by atoms with van der Waals surface area (Å²) >= 11 is 18.8. The Hall–Kier alpha value is -3.30. The standard InChI is InChI=1S/C21H16Cl3N5O3/c1-3-29(20(31)32)19(30)17(10-25)28-27-14-8-15(23)18(16(24)9-14)21(2,11-26)12-4-6-13(22)7-5-12/h4-9,27H,3H2,1-2H3,(H,31,32). The zero-order valence-electron chi connectivity index (χ0n) is 16.9. The Morgan fingerprint density at radius 1 is 1.16 bits per heavy atom. The van der Waals surface area contributed by atoms with Crippen molar-refractivity contribution >= 4 is 58.2 Å². The second-order valence-corrected chi connectivity index (χ2v) is 7.83. The Kier molecular flexibility index (Phi) is 8.07. The molecule has 2 aromatic carbocycles. The van der Waals surface area contributed by atoms with Gasteiger partial charge in [0.1, 0.15) is 11.5 Å². The molecular weight excluding hydrogens is 477 g/mol. The molecule has 2 aromatic rings. The van der Waals surface area contributed by atoms with Crippen molar-refractivity contribution in [3.05, 3.63) is 62.6 Å². The summed E-state index contributed by atoms with van der Waals surface area (Å²) in [5.41, 5.74) is 1.80. The van der Waals surface area contributed by atoms with E-state index in [9.17, 15) is 20.1 Å². The molecule has 0 radical (unpaired) electrons. The second-order valence-electron chi connectivity index (χ2n) is 6.57. The van der Waals surface area contributed by atoms with Crippen LogP contribution in [-0.4, -0.2) is 34.3 Å². The number of carboxylic acid groups (broad SMARTS) is 1. The fourth-order valence-corrected chi connectivity index (χ4v) is 3.89. The summed E-state index contributed by atoms with van der Waals surface area (Å²) in [6.07, 6.45) is -1.51. The van der Waals surface area contributed by atoms with Crippen LogP contribution < -0.4 is 5.43 Å². The Morgan fingerprint density at radius 3 is 2.16 bits per heavy atom. The zero-order valence-corrected chi connectivity index (χ0v) is 19.1. The molecule has 0 aromatic heterocycles. The van der Waals surface area contributed by atoms with Crippen molar-refractivity contribution < 1.29 is 14.7 Å². The maximum atomic E-state index is 12.2. The van der Waals surface area contributed by atoms with E-state index in [2.05, 4.69) is 16.6 Å². The van der Waals surface area contributed by atoms with E-state index in [4.69, 9.17) is 39.9 Å². The molecule has 0 saturated heterocycles. The highest BCUT2D eigenvalue weighted by atomic mass is 35.5. The van der Waals surface area contributed by atoms with Gasteiger partial charge in [0, 0.05) is 27.2 Å². The van der Waals surface area contributed by atoms with Crippen LogP contribution in [-0.2, 0) is 10.2 Å². The van der Waals surface area contributed by atoms with E-state index in [-0.39, 0.29) is 22.3 Å². The van der Waals surface area contributed by atoms with Gasteiger partial charge >= 0.3 is 6.09 Å². The Bertz CT molecular complexity index is 1150. The molecule has 0 aliphatic rings. The summed E-state index contributed by atoms with van der Waals surface area (Å²) in [6.45, 7) is 2.95. The number of rotatable bonds is 6. The number of imide groups is 1. The number of nitrogens with zero attached hydrogens (tertiary/aromatic N) is 4. The van der Waals surface area contributed by atoms with Crippen molar-refractivity contribution in [3.63, 3.8) is 0 Å². The summed E-state index contributed by atoms with van der Waals surface area (Å²) in [6, 6.07) is 13.3. The summed E-state index contributed by atoms with van der Waals surface area (Å²) in [5.74, 6) is -1.08. The highest BCUT2D eigenvalue weighted by Crippen LogP contribution is 2.42. The first kappa shape index (κ1) is 25.0. The third kappa shape index (κ3) is 5.12. The molecule has 2 amide bonds. The number of benzene rings is 2. The Labute approximate surface area is 199 Å². The summed E-state index contributed by atoms with van der Waals surface area (Å²) in [5, 5.41) is 32.6.